The van der Waals surface area contributed by atoms with Gasteiger partial charge in [-0.1, -0.05) is 0 Å². The van der Waals surface area contributed by atoms with Crippen molar-refractivity contribution < 1.29 is 22.4 Å². The number of alkyl halides is 3. The number of hydrogen-bond donors (Lipinski definition) is 0. The summed E-state index contributed by atoms with van der Waals surface area (Å²) in [5, 5.41) is -1.08. The van der Waals surface area contributed by atoms with Crippen molar-refractivity contribution in [3.05, 3.63) is 49.2 Å². The molecule has 0 N–H and O–H groups in total. The van der Waals surface area contributed by atoms with Gasteiger partial charge in [0.15, 0.2) is 5.01 Å². The number of halogens is 5. The number of hydrogen-bond acceptors (Lipinski definition) is 3. The summed E-state index contributed by atoms with van der Waals surface area (Å²) in [4.78, 5) is 15.0. The van der Waals surface area contributed by atoms with Crippen molar-refractivity contribution in [1.82, 2.24) is 4.98 Å². The smallest absolute Gasteiger partial charge is 0.288 e. The first-order valence-electron chi connectivity index (χ1n) is 4.82. The van der Waals surface area contributed by atoms with Crippen molar-refractivity contribution in [3.63, 3.8) is 0 Å². The van der Waals surface area contributed by atoms with E-state index in [4.69, 9.17) is 0 Å². The minimum Gasteiger partial charge on any atom is -0.288 e. The second kappa shape index (κ2) is 5.16. The number of thiazole rings is 1. The Kier molecular flexibility index (Phi) is 3.90. The van der Waals surface area contributed by atoms with Gasteiger partial charge in [-0.3, -0.25) is 4.79 Å². The van der Waals surface area contributed by atoms with Gasteiger partial charge in [0.1, 0.15) is 5.82 Å². The molecule has 2 nitrogen and oxygen atoms in total. The minimum atomic E-state index is -4.57. The van der Waals surface area contributed by atoms with E-state index in [-0.39, 0.29) is 21.8 Å². The molecule has 0 aliphatic heterocycles. The largest absolute Gasteiger partial charge is 0.443 e. The van der Waals surface area contributed by atoms with Crippen LogP contribution in [0.15, 0.2) is 24.4 Å². The molecule has 19 heavy (non-hydrogen) atoms. The van der Waals surface area contributed by atoms with Crippen molar-refractivity contribution in [1.29, 1.82) is 0 Å². The normalized spacial score (nSPS) is 11.6. The Morgan fingerprint density at radius 3 is 2.53 bits per heavy atom. The van der Waals surface area contributed by atoms with E-state index >= 15 is 0 Å². The van der Waals surface area contributed by atoms with E-state index in [0.717, 1.165) is 18.3 Å². The van der Waals surface area contributed by atoms with Crippen LogP contribution < -0.4 is 0 Å². The number of ketones is 1. The van der Waals surface area contributed by atoms with Crippen LogP contribution in [0.4, 0.5) is 17.6 Å². The second-order valence-corrected chi connectivity index (χ2v) is 5.67. The Morgan fingerprint density at radius 2 is 2.00 bits per heavy atom. The van der Waals surface area contributed by atoms with Gasteiger partial charge in [-0.25, -0.2) is 9.37 Å². The molecule has 0 amide bonds. The van der Waals surface area contributed by atoms with Gasteiger partial charge in [-0.15, -0.1) is 11.3 Å². The first-order chi connectivity index (χ1) is 8.79. The van der Waals surface area contributed by atoms with Crippen molar-refractivity contribution >= 4 is 39.7 Å². The van der Waals surface area contributed by atoms with Crippen LogP contribution >= 0.6 is 33.9 Å². The lowest BCUT2D eigenvalue weighted by Crippen LogP contribution is -2.03. The molecule has 0 spiro atoms. The third-order valence-corrected chi connectivity index (χ3v) is 4.08. The van der Waals surface area contributed by atoms with E-state index in [1.807, 2.05) is 0 Å². The molecule has 100 valence electrons. The zero-order valence-corrected chi connectivity index (χ0v) is 11.9. The van der Waals surface area contributed by atoms with Crippen LogP contribution in [0.25, 0.3) is 0 Å². The number of carbonyl (C=O) groups excluding carboxylic acids is 1. The van der Waals surface area contributed by atoms with Crippen molar-refractivity contribution in [3.8, 4) is 0 Å². The summed E-state index contributed by atoms with van der Waals surface area (Å²) >= 11 is 2.03. The molecule has 0 saturated heterocycles. The molecule has 1 aromatic carbocycles. The van der Waals surface area contributed by atoms with Gasteiger partial charge >= 0.3 is 6.18 Å². The third-order valence-electron chi connectivity index (χ3n) is 2.15. The van der Waals surface area contributed by atoms with E-state index in [1.165, 1.54) is 6.07 Å². The summed E-state index contributed by atoms with van der Waals surface area (Å²) in [6.45, 7) is 0. The lowest BCUT2D eigenvalue weighted by molar-refractivity contribution is -0.137. The molecule has 8 heteroatoms. The van der Waals surface area contributed by atoms with E-state index in [9.17, 15) is 22.4 Å². The zero-order valence-electron chi connectivity index (χ0n) is 8.96. The average Bonchev–Trinajstić information content (AvgIpc) is 2.76. The molecule has 0 radical (unpaired) electrons. The summed E-state index contributed by atoms with van der Waals surface area (Å²) in [6.07, 6.45) is -3.69. The molecule has 0 fully saturated rings. The third kappa shape index (κ3) is 3.11. The van der Waals surface area contributed by atoms with Gasteiger partial charge in [0, 0.05) is 15.3 Å². The maximum absolute atomic E-state index is 12.9. The van der Waals surface area contributed by atoms with Crippen LogP contribution in [0.1, 0.15) is 20.2 Å². The fourth-order valence-corrected chi connectivity index (χ4v) is 2.78. The lowest BCUT2D eigenvalue weighted by atomic mass is 10.1. The van der Waals surface area contributed by atoms with Crippen molar-refractivity contribution in [2.45, 2.75) is 6.18 Å². The molecular weight excluding hydrogens is 397 g/mol. The molecule has 0 aliphatic rings. The van der Waals surface area contributed by atoms with E-state index in [1.54, 1.807) is 22.6 Å². The van der Waals surface area contributed by atoms with Crippen LogP contribution in [0, 0.1) is 9.39 Å². The quantitative estimate of drug-likeness (QED) is 0.430. The molecule has 1 heterocycles. The number of nitrogens with zero attached hydrogens (tertiary/aromatic N) is 1. The molecule has 0 atom stereocenters. The molecule has 1 aromatic heterocycles. The summed E-state index contributed by atoms with van der Waals surface area (Å²) in [5.74, 6) is -1.11. The molecule has 2 rings (SSSR count). The Morgan fingerprint density at radius 1 is 1.32 bits per heavy atom. The van der Waals surface area contributed by atoms with E-state index in [2.05, 4.69) is 4.98 Å². The van der Waals surface area contributed by atoms with Gasteiger partial charge in [0.2, 0.25) is 5.78 Å². The van der Waals surface area contributed by atoms with Crippen LogP contribution in [0.3, 0.4) is 0 Å². The molecular formula is C11H4F4INOS. The number of rotatable bonds is 2. The molecule has 2 aromatic rings. The standard InChI is InChI=1S/C11H4F4INOS/c12-5-1-2-6(7(16)3-5)9(18)8-4-17-10(19-8)11(13,14)15/h1-4H. The Hall–Kier alpha value is -1.03. The fourth-order valence-electron chi connectivity index (χ4n) is 1.32. The highest BCUT2D eigenvalue weighted by atomic mass is 127. The SMILES string of the molecule is O=C(c1cnc(C(F)(F)F)s1)c1ccc(F)cc1I. The number of carbonyl (C=O) groups is 1. The lowest BCUT2D eigenvalue weighted by Gasteiger charge is -2.01. The van der Waals surface area contributed by atoms with E-state index in [0.29, 0.717) is 3.57 Å². The summed E-state index contributed by atoms with van der Waals surface area (Å²) < 4.78 is 50.4. The highest BCUT2D eigenvalue weighted by molar-refractivity contribution is 14.1. The van der Waals surface area contributed by atoms with Gasteiger partial charge < -0.3 is 0 Å². The zero-order chi connectivity index (χ0) is 14.2. The second-order valence-electron chi connectivity index (χ2n) is 3.48. The fraction of sp³-hybridized carbons (Fsp3) is 0.0909. The molecule has 0 unspecified atom stereocenters. The van der Waals surface area contributed by atoms with Crippen molar-refractivity contribution in [2.75, 3.05) is 0 Å². The predicted molar refractivity (Wildman–Crippen MR) is 69.7 cm³/mol. The monoisotopic (exact) mass is 401 g/mol. The van der Waals surface area contributed by atoms with Crippen LogP contribution in [-0.4, -0.2) is 10.8 Å². The maximum atomic E-state index is 12.9. The highest BCUT2D eigenvalue weighted by Gasteiger charge is 2.35. The Balaban J connectivity index is 2.37. The van der Waals surface area contributed by atoms with Gasteiger partial charge in [-0.05, 0) is 40.8 Å². The van der Waals surface area contributed by atoms with E-state index < -0.39 is 22.8 Å². The summed E-state index contributed by atoms with van der Waals surface area (Å²) in [7, 11) is 0. The van der Waals surface area contributed by atoms with Crippen LogP contribution in [0.2, 0.25) is 0 Å². The van der Waals surface area contributed by atoms with Crippen molar-refractivity contribution in [2.24, 2.45) is 0 Å². The first-order valence-corrected chi connectivity index (χ1v) is 6.71. The molecule has 0 bridgehead atoms. The van der Waals surface area contributed by atoms with Gasteiger partial charge in [0.05, 0.1) is 4.88 Å². The topological polar surface area (TPSA) is 30.0 Å². The molecule has 0 saturated carbocycles. The summed E-state index contributed by atoms with van der Waals surface area (Å²) in [5.41, 5.74) is 0.152. The minimum absolute atomic E-state index is 0.128. The van der Waals surface area contributed by atoms with Gasteiger partial charge in [0.25, 0.3) is 0 Å². The Bertz CT molecular complexity index is 638. The maximum Gasteiger partial charge on any atom is 0.443 e. The molecule has 0 aliphatic carbocycles. The number of benzene rings is 1. The summed E-state index contributed by atoms with van der Waals surface area (Å²) in [6, 6.07) is 3.47. The van der Waals surface area contributed by atoms with Gasteiger partial charge in [-0.2, -0.15) is 13.2 Å². The van der Waals surface area contributed by atoms with Crippen LogP contribution in [-0.2, 0) is 6.18 Å². The first kappa shape index (κ1) is 14.4. The number of aromatic nitrogens is 1. The Labute approximate surface area is 122 Å². The predicted octanol–water partition coefficient (Wildman–Crippen LogP) is 4.14. The van der Waals surface area contributed by atoms with Crippen LogP contribution in [0.5, 0.6) is 0 Å². The highest BCUT2D eigenvalue weighted by Crippen LogP contribution is 2.33. The average molecular weight is 401 g/mol.